The van der Waals surface area contributed by atoms with E-state index in [2.05, 4.69) is 4.98 Å². The van der Waals surface area contributed by atoms with E-state index < -0.39 is 5.97 Å². The first kappa shape index (κ1) is 17.1. The molecule has 140 valence electrons. The van der Waals surface area contributed by atoms with Crippen molar-refractivity contribution in [1.82, 2.24) is 9.88 Å². The van der Waals surface area contributed by atoms with E-state index in [9.17, 15) is 19.5 Å². The van der Waals surface area contributed by atoms with Gasteiger partial charge in [0.1, 0.15) is 0 Å². The molecule has 0 fully saturated rings. The summed E-state index contributed by atoms with van der Waals surface area (Å²) in [6.45, 7) is 0.0637. The Labute approximate surface area is 165 Å². The first-order valence-electron chi connectivity index (χ1n) is 9.04. The Bertz CT molecular complexity index is 1320. The number of benzene rings is 3. The highest BCUT2D eigenvalue weighted by Gasteiger charge is 2.35. The maximum Gasteiger partial charge on any atom is 0.337 e. The fraction of sp³-hybridized carbons (Fsp3) is 0.0435. The number of imide groups is 1. The predicted molar refractivity (Wildman–Crippen MR) is 107 cm³/mol. The van der Waals surface area contributed by atoms with E-state index in [0.29, 0.717) is 38.5 Å². The summed E-state index contributed by atoms with van der Waals surface area (Å²) in [5.74, 6) is -1.74. The van der Waals surface area contributed by atoms with Crippen LogP contribution >= 0.6 is 0 Å². The number of amides is 2. The molecule has 0 spiro atoms. The van der Waals surface area contributed by atoms with Crippen molar-refractivity contribution in [2.24, 2.45) is 0 Å². The van der Waals surface area contributed by atoms with Gasteiger partial charge in [0.05, 0.1) is 34.3 Å². The number of hydrogen-bond donors (Lipinski definition) is 1. The maximum atomic E-state index is 12.6. The molecule has 1 aliphatic rings. The number of para-hydroxylation sites is 1. The molecule has 0 unspecified atom stereocenters. The maximum absolute atomic E-state index is 12.6. The van der Waals surface area contributed by atoms with Crippen LogP contribution in [0.4, 0.5) is 0 Å². The Morgan fingerprint density at radius 2 is 1.45 bits per heavy atom. The number of rotatable bonds is 3. The SMILES string of the molecule is O=C(O)c1c2ccccc2nc2ccc(CN3C(=O)c4ccccc4C3=O)cc12. The van der Waals surface area contributed by atoms with Gasteiger partial charge in [-0.2, -0.15) is 0 Å². The second kappa shape index (κ2) is 6.24. The summed E-state index contributed by atoms with van der Waals surface area (Å²) < 4.78 is 0. The number of aromatic nitrogens is 1. The lowest BCUT2D eigenvalue weighted by Crippen LogP contribution is -2.29. The molecule has 0 saturated carbocycles. The third-order valence-electron chi connectivity index (χ3n) is 5.18. The van der Waals surface area contributed by atoms with E-state index in [1.54, 1.807) is 60.7 Å². The second-order valence-corrected chi connectivity index (χ2v) is 6.90. The summed E-state index contributed by atoms with van der Waals surface area (Å²) in [7, 11) is 0. The zero-order chi connectivity index (χ0) is 20.1. The Hall–Kier alpha value is -4.06. The van der Waals surface area contributed by atoms with Gasteiger partial charge in [0, 0.05) is 10.8 Å². The van der Waals surface area contributed by atoms with Gasteiger partial charge < -0.3 is 5.11 Å². The van der Waals surface area contributed by atoms with Gasteiger partial charge in [-0.05, 0) is 35.9 Å². The molecule has 1 aromatic heterocycles. The average Bonchev–Trinajstić information content (AvgIpc) is 2.97. The molecule has 2 heterocycles. The van der Waals surface area contributed by atoms with Crippen molar-refractivity contribution in [3.8, 4) is 0 Å². The molecule has 0 bridgehead atoms. The first-order valence-corrected chi connectivity index (χ1v) is 9.04. The van der Waals surface area contributed by atoms with Gasteiger partial charge in [-0.3, -0.25) is 14.5 Å². The van der Waals surface area contributed by atoms with Crippen LogP contribution in [0.3, 0.4) is 0 Å². The van der Waals surface area contributed by atoms with Gasteiger partial charge in [0.25, 0.3) is 11.8 Å². The Morgan fingerprint density at radius 1 is 0.828 bits per heavy atom. The molecule has 6 nitrogen and oxygen atoms in total. The average molecular weight is 382 g/mol. The fourth-order valence-electron chi connectivity index (χ4n) is 3.83. The van der Waals surface area contributed by atoms with E-state index >= 15 is 0 Å². The third kappa shape index (κ3) is 2.57. The lowest BCUT2D eigenvalue weighted by Gasteiger charge is -2.15. The summed E-state index contributed by atoms with van der Waals surface area (Å²) >= 11 is 0. The monoisotopic (exact) mass is 382 g/mol. The molecule has 1 aliphatic heterocycles. The molecule has 29 heavy (non-hydrogen) atoms. The molecule has 0 saturated heterocycles. The van der Waals surface area contributed by atoms with E-state index in [1.807, 2.05) is 6.07 Å². The predicted octanol–water partition coefficient (Wildman–Crippen LogP) is 3.88. The van der Waals surface area contributed by atoms with Crippen molar-refractivity contribution in [3.05, 3.63) is 89.0 Å². The topological polar surface area (TPSA) is 87.6 Å². The lowest BCUT2D eigenvalue weighted by atomic mass is 10.0. The standard InChI is InChI=1S/C23H14N2O4/c26-21-14-5-1-2-6-15(14)22(27)25(21)12-13-9-10-19-17(11-13)20(23(28)29)16-7-3-4-8-18(16)24-19/h1-11H,12H2,(H,28,29). The van der Waals surface area contributed by atoms with Crippen molar-refractivity contribution in [3.63, 3.8) is 0 Å². The Balaban J connectivity index is 1.62. The van der Waals surface area contributed by atoms with Crippen LogP contribution in [-0.4, -0.2) is 32.8 Å². The molecule has 2 amide bonds. The molecule has 0 atom stereocenters. The minimum absolute atomic E-state index is 0.0637. The zero-order valence-electron chi connectivity index (χ0n) is 15.1. The summed E-state index contributed by atoms with van der Waals surface area (Å²) in [5, 5.41) is 10.8. The summed E-state index contributed by atoms with van der Waals surface area (Å²) in [6.07, 6.45) is 0. The number of carboxylic acids is 1. The number of carboxylic acid groups (broad SMARTS) is 1. The fourth-order valence-corrected chi connectivity index (χ4v) is 3.83. The summed E-state index contributed by atoms with van der Waals surface area (Å²) in [6, 6.07) is 19.0. The molecule has 0 radical (unpaired) electrons. The van der Waals surface area contributed by atoms with Gasteiger partial charge in [0.15, 0.2) is 0 Å². The number of carbonyl (C=O) groups excluding carboxylic acids is 2. The number of hydrogen-bond acceptors (Lipinski definition) is 4. The van der Waals surface area contributed by atoms with E-state index in [1.165, 1.54) is 4.90 Å². The highest BCUT2D eigenvalue weighted by Crippen LogP contribution is 2.29. The van der Waals surface area contributed by atoms with Gasteiger partial charge in [0.2, 0.25) is 0 Å². The van der Waals surface area contributed by atoms with Crippen molar-refractivity contribution >= 4 is 39.6 Å². The number of carbonyl (C=O) groups is 3. The molecule has 6 heteroatoms. The van der Waals surface area contributed by atoms with Crippen molar-refractivity contribution in [1.29, 1.82) is 0 Å². The number of pyridine rings is 1. The van der Waals surface area contributed by atoms with Crippen LogP contribution in [0.25, 0.3) is 21.8 Å². The van der Waals surface area contributed by atoms with Crippen LogP contribution in [0.1, 0.15) is 36.6 Å². The summed E-state index contributed by atoms with van der Waals surface area (Å²) in [5.41, 5.74) is 2.74. The van der Waals surface area contributed by atoms with Crippen LogP contribution in [0.2, 0.25) is 0 Å². The molecular formula is C23H14N2O4. The van der Waals surface area contributed by atoms with Crippen LogP contribution in [0, 0.1) is 0 Å². The third-order valence-corrected chi connectivity index (χ3v) is 5.18. The van der Waals surface area contributed by atoms with Crippen LogP contribution in [-0.2, 0) is 6.54 Å². The quantitative estimate of drug-likeness (QED) is 0.429. The van der Waals surface area contributed by atoms with Crippen molar-refractivity contribution < 1.29 is 19.5 Å². The molecule has 1 N–H and O–H groups in total. The Kier molecular flexibility index (Phi) is 3.67. The van der Waals surface area contributed by atoms with Gasteiger partial charge in [-0.1, -0.05) is 36.4 Å². The minimum atomic E-state index is -1.05. The Morgan fingerprint density at radius 3 is 2.14 bits per heavy atom. The van der Waals surface area contributed by atoms with Gasteiger partial charge >= 0.3 is 5.97 Å². The van der Waals surface area contributed by atoms with Crippen molar-refractivity contribution in [2.45, 2.75) is 6.54 Å². The number of nitrogens with zero attached hydrogens (tertiary/aromatic N) is 2. The highest BCUT2D eigenvalue weighted by atomic mass is 16.4. The van der Waals surface area contributed by atoms with E-state index in [0.717, 1.165) is 0 Å². The van der Waals surface area contributed by atoms with Gasteiger partial charge in [-0.25, -0.2) is 9.78 Å². The second-order valence-electron chi connectivity index (χ2n) is 6.90. The van der Waals surface area contributed by atoms with Crippen LogP contribution in [0.15, 0.2) is 66.7 Å². The smallest absolute Gasteiger partial charge is 0.337 e. The van der Waals surface area contributed by atoms with Crippen molar-refractivity contribution in [2.75, 3.05) is 0 Å². The molecule has 4 aromatic rings. The van der Waals surface area contributed by atoms with Gasteiger partial charge in [-0.15, -0.1) is 0 Å². The normalized spacial score (nSPS) is 13.3. The van der Waals surface area contributed by atoms with Crippen LogP contribution < -0.4 is 0 Å². The zero-order valence-corrected chi connectivity index (χ0v) is 15.1. The minimum Gasteiger partial charge on any atom is -0.478 e. The first-order chi connectivity index (χ1) is 14.0. The summed E-state index contributed by atoms with van der Waals surface area (Å²) in [4.78, 5) is 43.0. The highest BCUT2D eigenvalue weighted by molar-refractivity contribution is 6.21. The van der Waals surface area contributed by atoms with E-state index in [-0.39, 0.29) is 23.9 Å². The van der Waals surface area contributed by atoms with E-state index in [4.69, 9.17) is 0 Å². The number of fused-ring (bicyclic) bond motifs is 3. The van der Waals surface area contributed by atoms with Crippen LogP contribution in [0.5, 0.6) is 0 Å². The lowest BCUT2D eigenvalue weighted by molar-refractivity contribution is 0.0639. The number of aromatic carboxylic acids is 1. The molecule has 5 rings (SSSR count). The largest absolute Gasteiger partial charge is 0.478 e. The molecule has 3 aromatic carbocycles. The molecule has 0 aliphatic carbocycles. The molecular weight excluding hydrogens is 368 g/mol.